The summed E-state index contributed by atoms with van der Waals surface area (Å²) >= 11 is 0.748. The molecule has 8 nitrogen and oxygen atoms in total. The summed E-state index contributed by atoms with van der Waals surface area (Å²) in [6.45, 7) is 0. The maximum Gasteiger partial charge on any atom is 0.453 e. The van der Waals surface area contributed by atoms with E-state index in [0.717, 1.165) is 24.6 Å². The highest BCUT2D eigenvalue weighted by molar-refractivity contribution is 7.99. The molecule has 1 saturated carbocycles. The molecule has 0 radical (unpaired) electrons. The zero-order valence-electron chi connectivity index (χ0n) is 12.9. The second-order valence-corrected chi connectivity index (χ2v) is 9.22. The molecule has 1 saturated heterocycles. The number of hydrogen-bond acceptors (Lipinski definition) is 7. The molecule has 1 aromatic rings. The SMILES string of the molecule is Nn1c(SCC(=O)N(C2CC2)[C@@H]2CCS(=O)(=O)C2)nnc1C(F)(F)F. The highest BCUT2D eigenvalue weighted by Crippen LogP contribution is 2.33. The van der Waals surface area contributed by atoms with Crippen molar-refractivity contribution in [2.45, 2.75) is 42.7 Å². The Hall–Kier alpha value is -1.50. The first-order chi connectivity index (χ1) is 11.6. The van der Waals surface area contributed by atoms with E-state index in [2.05, 4.69) is 10.2 Å². The number of aromatic nitrogens is 3. The van der Waals surface area contributed by atoms with Crippen LogP contribution in [0.1, 0.15) is 25.1 Å². The van der Waals surface area contributed by atoms with Gasteiger partial charge < -0.3 is 10.7 Å². The number of alkyl halides is 3. The number of amides is 1. The number of nitrogens with two attached hydrogens (primary N) is 1. The van der Waals surface area contributed by atoms with E-state index in [4.69, 9.17) is 5.84 Å². The number of thioether (sulfide) groups is 1. The van der Waals surface area contributed by atoms with Crippen LogP contribution in [0.2, 0.25) is 0 Å². The standard InChI is InChI=1S/C12H16F3N5O3S2/c13-12(14,15)10-17-18-11(20(10)16)24-5-9(21)19(7-1-2-7)8-3-4-25(22,23)6-8/h7-8H,1-6,16H2/t8-/m1/s1. The summed E-state index contributed by atoms with van der Waals surface area (Å²) < 4.78 is 61.5. The molecular weight excluding hydrogens is 383 g/mol. The molecule has 1 atom stereocenters. The minimum absolute atomic E-state index is 0.00730. The topological polar surface area (TPSA) is 111 Å². The second-order valence-electron chi connectivity index (χ2n) is 6.05. The second kappa shape index (κ2) is 6.34. The lowest BCUT2D eigenvalue weighted by molar-refractivity contribution is -0.146. The average molecular weight is 399 g/mol. The Balaban J connectivity index is 1.66. The number of nitrogen functional groups attached to an aromatic ring is 1. The van der Waals surface area contributed by atoms with Gasteiger partial charge in [0.1, 0.15) is 0 Å². The van der Waals surface area contributed by atoms with Crippen LogP contribution in [0.15, 0.2) is 5.16 Å². The van der Waals surface area contributed by atoms with Gasteiger partial charge in [0.25, 0.3) is 5.82 Å². The van der Waals surface area contributed by atoms with E-state index in [9.17, 15) is 26.4 Å². The summed E-state index contributed by atoms with van der Waals surface area (Å²) in [5.41, 5.74) is 0. The van der Waals surface area contributed by atoms with Crippen molar-refractivity contribution in [3.8, 4) is 0 Å². The molecule has 25 heavy (non-hydrogen) atoms. The van der Waals surface area contributed by atoms with Gasteiger partial charge in [0.15, 0.2) is 9.84 Å². The molecule has 2 N–H and O–H groups in total. The van der Waals surface area contributed by atoms with Crippen molar-refractivity contribution < 1.29 is 26.4 Å². The number of carbonyl (C=O) groups excluding carboxylic acids is 1. The summed E-state index contributed by atoms with van der Waals surface area (Å²) in [6, 6.07) is -0.361. The van der Waals surface area contributed by atoms with Crippen LogP contribution in [-0.4, -0.2) is 63.4 Å². The van der Waals surface area contributed by atoms with Gasteiger partial charge in [-0.05, 0) is 19.3 Å². The van der Waals surface area contributed by atoms with E-state index in [-0.39, 0.29) is 40.4 Å². The third kappa shape index (κ3) is 4.02. The minimum atomic E-state index is -4.73. The molecule has 0 spiro atoms. The molecule has 13 heteroatoms. The number of hydrogen-bond donors (Lipinski definition) is 1. The third-order valence-electron chi connectivity index (χ3n) is 4.07. The molecule has 2 aliphatic rings. The molecule has 1 aliphatic heterocycles. The number of sulfone groups is 1. The van der Waals surface area contributed by atoms with Gasteiger partial charge in [-0.2, -0.15) is 13.2 Å². The number of nitrogens with zero attached hydrogens (tertiary/aromatic N) is 4. The van der Waals surface area contributed by atoms with Crippen molar-refractivity contribution in [2.24, 2.45) is 0 Å². The van der Waals surface area contributed by atoms with Crippen LogP contribution in [0.4, 0.5) is 13.2 Å². The van der Waals surface area contributed by atoms with E-state index >= 15 is 0 Å². The molecule has 3 rings (SSSR count). The fourth-order valence-electron chi connectivity index (χ4n) is 2.82. The Labute approximate surface area is 145 Å². The van der Waals surface area contributed by atoms with Crippen LogP contribution in [0.25, 0.3) is 0 Å². The van der Waals surface area contributed by atoms with Gasteiger partial charge in [-0.15, -0.1) is 10.2 Å². The van der Waals surface area contributed by atoms with Crippen LogP contribution in [0, 0.1) is 0 Å². The summed E-state index contributed by atoms with van der Waals surface area (Å²) in [5.74, 6) is 3.46. The highest BCUT2D eigenvalue weighted by Gasteiger charge is 2.42. The molecule has 0 bridgehead atoms. The Morgan fingerprint density at radius 3 is 2.44 bits per heavy atom. The largest absolute Gasteiger partial charge is 0.453 e. The Bertz CT molecular complexity index is 775. The lowest BCUT2D eigenvalue weighted by Gasteiger charge is -2.28. The van der Waals surface area contributed by atoms with E-state index in [1.165, 1.54) is 0 Å². The van der Waals surface area contributed by atoms with Gasteiger partial charge in [0.05, 0.1) is 17.3 Å². The van der Waals surface area contributed by atoms with Gasteiger partial charge in [0.2, 0.25) is 11.1 Å². The zero-order valence-corrected chi connectivity index (χ0v) is 14.6. The molecule has 1 amide bonds. The van der Waals surface area contributed by atoms with E-state index in [0.29, 0.717) is 11.1 Å². The van der Waals surface area contributed by atoms with E-state index < -0.39 is 21.8 Å². The number of rotatable bonds is 5. The van der Waals surface area contributed by atoms with Crippen LogP contribution >= 0.6 is 11.8 Å². The minimum Gasteiger partial charge on any atom is -0.335 e. The number of halogens is 3. The molecule has 0 unspecified atom stereocenters. The quantitative estimate of drug-likeness (QED) is 0.559. The van der Waals surface area contributed by atoms with Gasteiger partial charge >= 0.3 is 6.18 Å². The maximum atomic E-state index is 12.6. The summed E-state index contributed by atoms with van der Waals surface area (Å²) in [7, 11) is -3.14. The zero-order chi connectivity index (χ0) is 18.4. The number of carbonyl (C=O) groups is 1. The first-order valence-electron chi connectivity index (χ1n) is 7.50. The first kappa shape index (κ1) is 18.3. The normalized spacial score (nSPS) is 22.9. The van der Waals surface area contributed by atoms with Gasteiger partial charge in [-0.3, -0.25) is 4.79 Å². The van der Waals surface area contributed by atoms with Gasteiger partial charge in [-0.1, -0.05) is 11.8 Å². The molecular formula is C12H16F3N5O3S2. The lowest BCUT2D eigenvalue weighted by atomic mass is 10.2. The molecule has 140 valence electrons. The van der Waals surface area contributed by atoms with Crippen LogP contribution < -0.4 is 5.84 Å². The summed E-state index contributed by atoms with van der Waals surface area (Å²) in [4.78, 5) is 14.1. The van der Waals surface area contributed by atoms with Crippen molar-refractivity contribution in [1.29, 1.82) is 0 Å². The maximum absolute atomic E-state index is 12.6. The predicted molar refractivity (Wildman–Crippen MR) is 82.8 cm³/mol. The fraction of sp³-hybridized carbons (Fsp3) is 0.750. The van der Waals surface area contributed by atoms with Crippen molar-refractivity contribution >= 4 is 27.5 Å². The van der Waals surface area contributed by atoms with E-state index in [1.807, 2.05) is 0 Å². The molecule has 2 fully saturated rings. The fourth-order valence-corrected chi connectivity index (χ4v) is 5.26. The van der Waals surface area contributed by atoms with E-state index in [1.54, 1.807) is 4.90 Å². The van der Waals surface area contributed by atoms with Gasteiger partial charge in [-0.25, -0.2) is 13.1 Å². The van der Waals surface area contributed by atoms with Crippen LogP contribution in [-0.2, 0) is 20.8 Å². The lowest BCUT2D eigenvalue weighted by Crippen LogP contribution is -2.43. The molecule has 1 aliphatic carbocycles. The molecule has 1 aromatic heterocycles. The smallest absolute Gasteiger partial charge is 0.335 e. The molecule has 0 aromatic carbocycles. The Morgan fingerprint density at radius 1 is 1.28 bits per heavy atom. The monoisotopic (exact) mass is 399 g/mol. The van der Waals surface area contributed by atoms with Crippen molar-refractivity contribution in [2.75, 3.05) is 23.1 Å². The van der Waals surface area contributed by atoms with Gasteiger partial charge in [0, 0.05) is 12.1 Å². The Morgan fingerprint density at radius 2 is 1.96 bits per heavy atom. The van der Waals surface area contributed by atoms with Crippen molar-refractivity contribution in [3.63, 3.8) is 0 Å². The van der Waals surface area contributed by atoms with Crippen LogP contribution in [0.3, 0.4) is 0 Å². The average Bonchev–Trinajstić information content (AvgIpc) is 3.14. The van der Waals surface area contributed by atoms with Crippen LogP contribution in [0.5, 0.6) is 0 Å². The third-order valence-corrected chi connectivity index (χ3v) is 6.75. The predicted octanol–water partition coefficient (Wildman–Crippen LogP) is 0.281. The van der Waals surface area contributed by atoms with Crippen molar-refractivity contribution in [3.05, 3.63) is 5.82 Å². The Kier molecular flexibility index (Phi) is 4.64. The highest BCUT2D eigenvalue weighted by atomic mass is 32.2. The first-order valence-corrected chi connectivity index (χ1v) is 10.3. The molecule has 2 heterocycles. The summed E-state index contributed by atoms with van der Waals surface area (Å²) in [6.07, 6.45) is -2.74. The van der Waals surface area contributed by atoms with Crippen molar-refractivity contribution in [1.82, 2.24) is 19.8 Å². The summed E-state index contributed by atoms with van der Waals surface area (Å²) in [5, 5.41) is 6.12.